The van der Waals surface area contributed by atoms with Gasteiger partial charge in [-0.05, 0) is 61.0 Å². The molecule has 3 aromatic carbocycles. The molecule has 7 heteroatoms. The number of piperidine rings is 1. The van der Waals surface area contributed by atoms with Crippen molar-refractivity contribution in [1.29, 1.82) is 0 Å². The monoisotopic (exact) mass is 474 g/mol. The molecule has 2 heterocycles. The van der Waals surface area contributed by atoms with Crippen LogP contribution in [0.15, 0.2) is 78.0 Å². The average molecular weight is 475 g/mol. The summed E-state index contributed by atoms with van der Waals surface area (Å²) < 4.78 is 7.99. The van der Waals surface area contributed by atoms with Crippen molar-refractivity contribution >= 4 is 22.5 Å². The maximum Gasteiger partial charge on any atom is 0.195 e. The Balaban J connectivity index is 1.24. The van der Waals surface area contributed by atoms with Crippen molar-refractivity contribution in [2.75, 3.05) is 25.4 Å². The number of ether oxygens (including phenoxy) is 1. The van der Waals surface area contributed by atoms with Gasteiger partial charge in [0.2, 0.25) is 0 Å². The molecule has 6 nitrogen and oxygen atoms in total. The summed E-state index contributed by atoms with van der Waals surface area (Å²) >= 11 is 1.51. The molecule has 1 saturated heterocycles. The van der Waals surface area contributed by atoms with E-state index in [-0.39, 0.29) is 6.61 Å². The third kappa shape index (κ3) is 5.60. The molecule has 0 saturated carbocycles. The van der Waals surface area contributed by atoms with Crippen LogP contribution in [0, 0.1) is 0 Å². The number of aliphatic hydroxyl groups is 1. The van der Waals surface area contributed by atoms with Crippen LogP contribution in [0.2, 0.25) is 0 Å². The molecular formula is C27H30N4O2S. The second kappa shape index (κ2) is 11.0. The van der Waals surface area contributed by atoms with Gasteiger partial charge in [0.25, 0.3) is 0 Å². The van der Waals surface area contributed by atoms with Crippen molar-refractivity contribution in [1.82, 2.24) is 19.7 Å². The minimum absolute atomic E-state index is 0.228. The van der Waals surface area contributed by atoms with E-state index in [9.17, 15) is 5.11 Å². The molecule has 0 spiro atoms. The maximum absolute atomic E-state index is 10.6. The largest absolute Gasteiger partial charge is 0.491 e. The van der Waals surface area contributed by atoms with Crippen LogP contribution in [0.1, 0.15) is 25.1 Å². The Morgan fingerprint density at radius 2 is 1.65 bits per heavy atom. The standard InChI is InChI=1S/C27H30N4O2S/c32-24(19-33-25-14-13-21-9-5-6-10-22(21)17-25)20-34-27-29-28-26(18-30-15-7-2-8-16-30)31(27)23-11-3-1-4-12-23/h1,3-6,9-14,17,24,32H,2,7-8,15-16,18-20H2. The quantitative estimate of drug-likeness (QED) is 0.347. The molecule has 34 heavy (non-hydrogen) atoms. The van der Waals surface area contributed by atoms with Gasteiger partial charge in [-0.1, -0.05) is 66.7 Å². The van der Waals surface area contributed by atoms with E-state index >= 15 is 0 Å². The Morgan fingerprint density at radius 3 is 2.47 bits per heavy atom. The van der Waals surface area contributed by atoms with Crippen LogP contribution in [0.3, 0.4) is 0 Å². The second-order valence-corrected chi connectivity index (χ2v) is 9.68. The number of aromatic nitrogens is 3. The van der Waals surface area contributed by atoms with Gasteiger partial charge >= 0.3 is 0 Å². The van der Waals surface area contributed by atoms with E-state index in [1.54, 1.807) is 0 Å². The number of rotatable bonds is 9. The van der Waals surface area contributed by atoms with Crippen LogP contribution in [-0.2, 0) is 6.54 Å². The Morgan fingerprint density at radius 1 is 0.882 bits per heavy atom. The number of para-hydroxylation sites is 1. The summed E-state index contributed by atoms with van der Waals surface area (Å²) in [5.74, 6) is 2.18. The van der Waals surface area contributed by atoms with Crippen LogP contribution in [-0.4, -0.2) is 56.3 Å². The SMILES string of the molecule is OC(COc1ccc2ccccc2c1)CSc1nnc(CN2CCCCC2)n1-c1ccccc1. The van der Waals surface area contributed by atoms with E-state index in [0.717, 1.165) is 47.4 Å². The number of fused-ring (bicyclic) bond motifs is 1. The van der Waals surface area contributed by atoms with Gasteiger partial charge in [-0.25, -0.2) is 0 Å². The van der Waals surface area contributed by atoms with E-state index in [1.807, 2.05) is 48.5 Å². The lowest BCUT2D eigenvalue weighted by atomic mass is 10.1. The number of nitrogens with zero attached hydrogens (tertiary/aromatic N) is 4. The number of hydrogen-bond acceptors (Lipinski definition) is 6. The van der Waals surface area contributed by atoms with E-state index in [2.05, 4.69) is 43.9 Å². The summed E-state index contributed by atoms with van der Waals surface area (Å²) in [5.41, 5.74) is 1.05. The van der Waals surface area contributed by atoms with E-state index in [4.69, 9.17) is 4.74 Å². The first-order chi connectivity index (χ1) is 16.8. The van der Waals surface area contributed by atoms with Crippen molar-refractivity contribution in [2.45, 2.75) is 37.1 Å². The molecule has 1 aliphatic rings. The van der Waals surface area contributed by atoms with Gasteiger partial charge in [-0.2, -0.15) is 0 Å². The average Bonchev–Trinajstić information content (AvgIpc) is 3.29. The summed E-state index contributed by atoms with van der Waals surface area (Å²) in [6.45, 7) is 3.23. The van der Waals surface area contributed by atoms with E-state index in [0.29, 0.717) is 5.75 Å². The predicted octanol–water partition coefficient (Wildman–Crippen LogP) is 4.94. The molecule has 0 aliphatic carbocycles. The summed E-state index contributed by atoms with van der Waals surface area (Å²) in [5, 5.41) is 22.7. The zero-order valence-corrected chi connectivity index (χ0v) is 20.0. The number of likely N-dealkylation sites (tertiary alicyclic amines) is 1. The predicted molar refractivity (Wildman–Crippen MR) is 137 cm³/mol. The van der Waals surface area contributed by atoms with Gasteiger partial charge in [0.15, 0.2) is 11.0 Å². The molecule has 1 fully saturated rings. The smallest absolute Gasteiger partial charge is 0.195 e. The van der Waals surface area contributed by atoms with Gasteiger partial charge in [-0.15, -0.1) is 10.2 Å². The summed E-state index contributed by atoms with van der Waals surface area (Å²) in [6, 6.07) is 24.4. The molecule has 1 N–H and O–H groups in total. The van der Waals surface area contributed by atoms with Crippen LogP contribution < -0.4 is 4.74 Å². The fourth-order valence-corrected chi connectivity index (χ4v) is 5.19. The third-order valence-electron chi connectivity index (χ3n) is 6.10. The van der Waals surface area contributed by atoms with Crippen LogP contribution in [0.5, 0.6) is 5.75 Å². The van der Waals surface area contributed by atoms with Crippen molar-refractivity contribution < 1.29 is 9.84 Å². The molecule has 176 valence electrons. The number of aliphatic hydroxyl groups excluding tert-OH is 1. The lowest BCUT2D eigenvalue weighted by molar-refractivity contribution is 0.126. The Bertz CT molecular complexity index is 1210. The van der Waals surface area contributed by atoms with Gasteiger partial charge < -0.3 is 9.84 Å². The molecule has 0 radical (unpaired) electrons. The maximum atomic E-state index is 10.6. The lowest BCUT2D eigenvalue weighted by Gasteiger charge is -2.26. The normalized spacial score (nSPS) is 15.4. The molecule has 1 aromatic heterocycles. The molecule has 0 amide bonds. The fourth-order valence-electron chi connectivity index (χ4n) is 4.32. The zero-order valence-electron chi connectivity index (χ0n) is 19.2. The van der Waals surface area contributed by atoms with Crippen molar-refractivity contribution in [3.05, 3.63) is 78.6 Å². The fraction of sp³-hybridized carbons (Fsp3) is 0.333. The molecule has 1 atom stereocenters. The Kier molecular flexibility index (Phi) is 7.43. The van der Waals surface area contributed by atoms with Crippen LogP contribution >= 0.6 is 11.8 Å². The Labute approximate surface area is 204 Å². The molecule has 1 aliphatic heterocycles. The minimum Gasteiger partial charge on any atom is -0.491 e. The Hall–Kier alpha value is -2.87. The number of thioether (sulfide) groups is 1. The van der Waals surface area contributed by atoms with Crippen LogP contribution in [0.4, 0.5) is 0 Å². The molecule has 1 unspecified atom stereocenters. The summed E-state index contributed by atoms with van der Waals surface area (Å²) in [4.78, 5) is 2.45. The third-order valence-corrected chi connectivity index (χ3v) is 7.17. The zero-order chi connectivity index (χ0) is 23.2. The highest BCUT2D eigenvalue weighted by Gasteiger charge is 2.19. The molecule has 4 aromatic rings. The molecular weight excluding hydrogens is 444 g/mol. The topological polar surface area (TPSA) is 63.4 Å². The molecule has 0 bridgehead atoms. The summed E-state index contributed by atoms with van der Waals surface area (Å²) in [7, 11) is 0. The van der Waals surface area contributed by atoms with Gasteiger partial charge in [0.05, 0.1) is 12.6 Å². The number of benzene rings is 3. The van der Waals surface area contributed by atoms with E-state index < -0.39 is 6.10 Å². The van der Waals surface area contributed by atoms with E-state index in [1.165, 1.54) is 36.4 Å². The highest BCUT2D eigenvalue weighted by molar-refractivity contribution is 7.99. The highest BCUT2D eigenvalue weighted by Crippen LogP contribution is 2.25. The molecule has 5 rings (SSSR count). The second-order valence-electron chi connectivity index (χ2n) is 8.69. The minimum atomic E-state index is -0.622. The highest BCUT2D eigenvalue weighted by atomic mass is 32.2. The van der Waals surface area contributed by atoms with Crippen LogP contribution in [0.25, 0.3) is 16.5 Å². The van der Waals surface area contributed by atoms with Gasteiger partial charge in [-0.3, -0.25) is 9.47 Å². The van der Waals surface area contributed by atoms with Crippen molar-refractivity contribution in [3.63, 3.8) is 0 Å². The first-order valence-electron chi connectivity index (χ1n) is 11.9. The van der Waals surface area contributed by atoms with Gasteiger partial charge in [0.1, 0.15) is 12.4 Å². The van der Waals surface area contributed by atoms with Crippen molar-refractivity contribution in [3.8, 4) is 11.4 Å². The number of hydrogen-bond donors (Lipinski definition) is 1. The lowest BCUT2D eigenvalue weighted by Crippen LogP contribution is -2.30. The first-order valence-corrected chi connectivity index (χ1v) is 12.9. The van der Waals surface area contributed by atoms with Gasteiger partial charge in [0, 0.05) is 11.4 Å². The first kappa shape index (κ1) is 22.9. The van der Waals surface area contributed by atoms with Crippen molar-refractivity contribution in [2.24, 2.45) is 0 Å². The summed E-state index contributed by atoms with van der Waals surface area (Å²) in [6.07, 6.45) is 3.17.